The van der Waals surface area contributed by atoms with E-state index in [0.717, 1.165) is 0 Å². The fourth-order valence-corrected chi connectivity index (χ4v) is 13.1. The summed E-state index contributed by atoms with van der Waals surface area (Å²) in [4.78, 5) is 0. The van der Waals surface area contributed by atoms with Gasteiger partial charge in [0.25, 0.3) is 0 Å². The van der Waals surface area contributed by atoms with Gasteiger partial charge >= 0.3 is 0 Å². The van der Waals surface area contributed by atoms with Crippen LogP contribution in [0.2, 0.25) is 0 Å². The first-order valence-electron chi connectivity index (χ1n) is 22.9. The summed E-state index contributed by atoms with van der Waals surface area (Å²) in [5.74, 6) is 0.699. The molecule has 0 saturated carbocycles. The highest BCUT2D eigenvalue weighted by Gasteiger charge is 2.46. The quantitative estimate of drug-likeness (QED) is 0.156. The lowest BCUT2D eigenvalue weighted by molar-refractivity contribution is 0.642. The van der Waals surface area contributed by atoms with Crippen LogP contribution < -0.4 is 0 Å². The van der Waals surface area contributed by atoms with E-state index in [1.165, 1.54) is 122 Å². The van der Waals surface area contributed by atoms with E-state index in [2.05, 4.69) is 224 Å². The Morgan fingerprint density at radius 1 is 0.349 bits per heavy atom. The summed E-state index contributed by atoms with van der Waals surface area (Å²) in [6, 6.07) is 53.9. The highest BCUT2D eigenvalue weighted by molar-refractivity contribution is 6.19. The molecular weight excluding hydrogens is 757 g/mol. The molecule has 2 atom stereocenters. The van der Waals surface area contributed by atoms with Gasteiger partial charge in [-0.1, -0.05) is 205 Å². The maximum absolute atomic E-state index is 2.56. The summed E-state index contributed by atoms with van der Waals surface area (Å²) >= 11 is 0. The van der Waals surface area contributed by atoms with Gasteiger partial charge in [0.15, 0.2) is 0 Å². The average molecular weight is 807 g/mol. The lowest BCUT2D eigenvalue weighted by atomic mass is 9.72. The van der Waals surface area contributed by atoms with Crippen LogP contribution in [0.3, 0.4) is 0 Å². The van der Waals surface area contributed by atoms with E-state index in [4.69, 9.17) is 0 Å². The molecule has 0 amide bonds. The van der Waals surface area contributed by atoms with Crippen molar-refractivity contribution in [1.29, 1.82) is 0 Å². The zero-order valence-electron chi connectivity index (χ0n) is 37.0. The van der Waals surface area contributed by atoms with E-state index in [-0.39, 0.29) is 16.2 Å². The van der Waals surface area contributed by atoms with E-state index in [1.54, 1.807) is 0 Å². The van der Waals surface area contributed by atoms with Crippen LogP contribution in [0.5, 0.6) is 0 Å². The molecule has 8 aromatic rings. The molecule has 63 heavy (non-hydrogen) atoms. The van der Waals surface area contributed by atoms with Crippen molar-refractivity contribution in [2.75, 3.05) is 0 Å². The van der Waals surface area contributed by atoms with Gasteiger partial charge in [-0.3, -0.25) is 0 Å². The number of hydrogen-bond donors (Lipinski definition) is 0. The standard InChI is InChI=1S/C63H50/c1-61(2)54-33-31-38(57-59-50(41-21-13-15-28-52(41)62(59,3)4)36-51-42-22-14-16-29-53(42)63(5,6)60(51)57)34-49(54)43-32-30-39(35-55(43)61)56-45-23-9-11-25-47(45)58(48-26-12-10-24-46(48)56)44-27-17-19-37-18-7-8-20-40(37)44/h7-37,40H,1-6H3. The SMILES string of the molecule is CC1(C)c2ccc(-c3c4c(cc5c3C(C)(C)c3ccccc3-5)-c3ccccc3C4(C)C)cc2-c2ccc(-c3c4ccccc4c(C4=CC=CC5C=CC=CC45)c4ccccc34)cc21. The normalized spacial score (nSPS) is 19.6. The van der Waals surface area contributed by atoms with Crippen molar-refractivity contribution in [2.24, 2.45) is 11.8 Å². The Morgan fingerprint density at radius 2 is 0.841 bits per heavy atom. The van der Waals surface area contributed by atoms with E-state index in [9.17, 15) is 0 Å². The Hall–Kier alpha value is -6.76. The van der Waals surface area contributed by atoms with Gasteiger partial charge in [0.05, 0.1) is 0 Å². The molecule has 8 aromatic carbocycles. The van der Waals surface area contributed by atoms with Crippen LogP contribution in [0.4, 0.5) is 0 Å². The molecule has 0 spiro atoms. The lowest BCUT2D eigenvalue weighted by Crippen LogP contribution is -2.21. The maximum atomic E-state index is 2.56. The van der Waals surface area contributed by atoms with E-state index in [0.29, 0.717) is 11.8 Å². The zero-order chi connectivity index (χ0) is 42.6. The van der Waals surface area contributed by atoms with Crippen molar-refractivity contribution >= 4 is 27.1 Å². The number of rotatable bonds is 3. The maximum Gasteiger partial charge on any atom is 0.0165 e. The lowest BCUT2D eigenvalue weighted by Gasteiger charge is -2.31. The molecular formula is C63H50. The molecule has 0 fully saturated rings. The average Bonchev–Trinajstić information content (AvgIpc) is 3.79. The van der Waals surface area contributed by atoms with Gasteiger partial charge in [-0.2, -0.15) is 0 Å². The Kier molecular flexibility index (Phi) is 7.41. The smallest absolute Gasteiger partial charge is 0.0165 e. The summed E-state index contributed by atoms with van der Waals surface area (Å²) in [6.07, 6.45) is 16.1. The van der Waals surface area contributed by atoms with Crippen molar-refractivity contribution in [1.82, 2.24) is 0 Å². The molecule has 2 unspecified atom stereocenters. The molecule has 302 valence electrons. The van der Waals surface area contributed by atoms with Crippen molar-refractivity contribution in [2.45, 2.75) is 57.8 Å². The van der Waals surface area contributed by atoms with Crippen LogP contribution >= 0.6 is 0 Å². The molecule has 5 aliphatic rings. The minimum absolute atomic E-state index is 0.149. The minimum Gasteiger partial charge on any atom is -0.0767 e. The summed E-state index contributed by atoms with van der Waals surface area (Å²) in [5, 5.41) is 5.26. The number of hydrogen-bond acceptors (Lipinski definition) is 0. The molecule has 0 saturated heterocycles. The molecule has 0 bridgehead atoms. The summed E-state index contributed by atoms with van der Waals surface area (Å²) in [6.45, 7) is 14.6. The Balaban J connectivity index is 1.01. The van der Waals surface area contributed by atoms with Gasteiger partial charge in [-0.05, 0) is 140 Å². The van der Waals surface area contributed by atoms with Crippen LogP contribution in [0.25, 0.3) is 82.8 Å². The monoisotopic (exact) mass is 806 g/mol. The van der Waals surface area contributed by atoms with Crippen molar-refractivity contribution in [3.05, 3.63) is 221 Å². The van der Waals surface area contributed by atoms with Gasteiger partial charge in [-0.15, -0.1) is 0 Å². The second-order valence-corrected chi connectivity index (χ2v) is 20.3. The third-order valence-electron chi connectivity index (χ3n) is 16.0. The van der Waals surface area contributed by atoms with E-state index in [1.807, 2.05) is 0 Å². The summed E-state index contributed by atoms with van der Waals surface area (Å²) in [5.41, 5.74) is 24.4. The van der Waals surface area contributed by atoms with E-state index < -0.39 is 0 Å². The minimum atomic E-state index is -0.175. The molecule has 0 nitrogen and oxygen atoms in total. The zero-order valence-corrected chi connectivity index (χ0v) is 37.0. The Morgan fingerprint density at radius 3 is 1.48 bits per heavy atom. The molecule has 0 aliphatic heterocycles. The summed E-state index contributed by atoms with van der Waals surface area (Å²) in [7, 11) is 0. The van der Waals surface area contributed by atoms with Gasteiger partial charge < -0.3 is 0 Å². The number of fused-ring (bicyclic) bond motifs is 12. The number of allylic oxidation sites excluding steroid dienone is 8. The van der Waals surface area contributed by atoms with Gasteiger partial charge in [0, 0.05) is 28.1 Å². The molecule has 0 heteroatoms. The predicted molar refractivity (Wildman–Crippen MR) is 267 cm³/mol. The van der Waals surface area contributed by atoms with Crippen LogP contribution in [0, 0.1) is 11.8 Å². The molecule has 5 aliphatic carbocycles. The topological polar surface area (TPSA) is 0 Å². The molecule has 0 heterocycles. The largest absolute Gasteiger partial charge is 0.0767 e. The fourth-order valence-electron chi connectivity index (χ4n) is 13.1. The number of benzene rings is 8. The van der Waals surface area contributed by atoms with Crippen molar-refractivity contribution in [3.63, 3.8) is 0 Å². The highest BCUT2D eigenvalue weighted by Crippen LogP contribution is 2.61. The third kappa shape index (κ3) is 4.82. The second kappa shape index (κ2) is 12.7. The first kappa shape index (κ1) is 36.9. The van der Waals surface area contributed by atoms with Crippen molar-refractivity contribution < 1.29 is 0 Å². The second-order valence-electron chi connectivity index (χ2n) is 20.3. The van der Waals surface area contributed by atoms with Crippen molar-refractivity contribution in [3.8, 4) is 55.6 Å². The molecule has 13 rings (SSSR count). The van der Waals surface area contributed by atoms with Crippen LogP contribution in [0.1, 0.15) is 80.5 Å². The van der Waals surface area contributed by atoms with E-state index >= 15 is 0 Å². The Bertz CT molecular complexity index is 3340. The summed E-state index contributed by atoms with van der Waals surface area (Å²) < 4.78 is 0. The molecule has 0 N–H and O–H groups in total. The third-order valence-corrected chi connectivity index (χ3v) is 16.0. The predicted octanol–water partition coefficient (Wildman–Crippen LogP) is 16.6. The Labute approximate surface area is 371 Å². The van der Waals surface area contributed by atoms with Gasteiger partial charge in [0.2, 0.25) is 0 Å². The van der Waals surface area contributed by atoms with Gasteiger partial charge in [0.1, 0.15) is 0 Å². The van der Waals surface area contributed by atoms with Crippen LogP contribution in [-0.2, 0) is 16.2 Å². The highest BCUT2D eigenvalue weighted by atomic mass is 14.5. The fraction of sp³-hybridized carbons (Fsp3) is 0.175. The van der Waals surface area contributed by atoms with Crippen LogP contribution in [0.15, 0.2) is 182 Å². The molecule has 0 radical (unpaired) electrons. The molecule has 0 aromatic heterocycles. The van der Waals surface area contributed by atoms with Crippen LogP contribution in [-0.4, -0.2) is 0 Å². The van der Waals surface area contributed by atoms with Gasteiger partial charge in [-0.25, -0.2) is 0 Å². The first-order chi connectivity index (χ1) is 30.5. The first-order valence-corrected chi connectivity index (χ1v) is 22.9.